The summed E-state index contributed by atoms with van der Waals surface area (Å²) in [5, 5.41) is 4.10. The highest BCUT2D eigenvalue weighted by atomic mass is 32.2. The van der Waals surface area contributed by atoms with Crippen molar-refractivity contribution in [3.63, 3.8) is 0 Å². The van der Waals surface area contributed by atoms with E-state index >= 15 is 0 Å². The van der Waals surface area contributed by atoms with Crippen LogP contribution in [0.15, 0.2) is 34.9 Å². The van der Waals surface area contributed by atoms with Crippen LogP contribution in [0.25, 0.3) is 5.70 Å². The number of ether oxygens (including phenoxy) is 2. The first-order chi connectivity index (χ1) is 18.6. The molecule has 0 saturated heterocycles. The van der Waals surface area contributed by atoms with Gasteiger partial charge >= 0.3 is 27.8 Å². The molecule has 2 aliphatic heterocycles. The highest BCUT2D eigenvalue weighted by Crippen LogP contribution is 2.32. The van der Waals surface area contributed by atoms with Crippen LogP contribution in [0.2, 0.25) is 0 Å². The molecule has 14 heteroatoms. The zero-order chi connectivity index (χ0) is 31.4. The maximum absolute atomic E-state index is 12.4. The van der Waals surface area contributed by atoms with Crippen molar-refractivity contribution in [2.75, 3.05) is 13.1 Å². The number of carbonyl (C=O) groups excluding carboxylic acids is 2. The Labute approximate surface area is 244 Å². The van der Waals surface area contributed by atoms with Crippen molar-refractivity contribution < 1.29 is 44.8 Å². The van der Waals surface area contributed by atoms with Crippen molar-refractivity contribution in [2.45, 2.75) is 84.9 Å². The lowest BCUT2D eigenvalue weighted by atomic mass is 10.00. The molecule has 2 aliphatic rings. The Morgan fingerprint density at radius 1 is 0.878 bits per heavy atom. The first-order valence-electron chi connectivity index (χ1n) is 13.0. The molecule has 2 atom stereocenters. The lowest BCUT2D eigenvalue weighted by Gasteiger charge is -2.33. The van der Waals surface area contributed by atoms with E-state index < -0.39 is 38.8 Å². The fraction of sp³-hybridized carbons (Fsp3) is 0.630. The van der Waals surface area contributed by atoms with E-state index in [0.29, 0.717) is 5.92 Å². The van der Waals surface area contributed by atoms with Gasteiger partial charge in [0.1, 0.15) is 11.2 Å². The third kappa shape index (κ3) is 10.6. The molecular formula is C27H39F3N2O7S2. The summed E-state index contributed by atoms with van der Waals surface area (Å²) >= 11 is 1.64. The van der Waals surface area contributed by atoms with Crippen LogP contribution in [0.1, 0.15) is 73.8 Å². The van der Waals surface area contributed by atoms with Gasteiger partial charge in [0.05, 0.1) is 5.70 Å². The first kappa shape index (κ1) is 34.5. The molecule has 3 heterocycles. The Balaban J connectivity index is 0.000000289. The number of halogens is 3. The Bertz CT molecular complexity index is 1230. The molecule has 0 unspecified atom stereocenters. The summed E-state index contributed by atoms with van der Waals surface area (Å²) in [5.41, 5.74) is -4.84. The molecule has 0 radical (unpaired) electrons. The van der Waals surface area contributed by atoms with Gasteiger partial charge in [0.15, 0.2) is 0 Å². The highest BCUT2D eigenvalue weighted by molar-refractivity contribution is 7.87. The van der Waals surface area contributed by atoms with Gasteiger partial charge in [-0.05, 0) is 83.7 Å². The van der Waals surface area contributed by atoms with Crippen molar-refractivity contribution in [1.82, 2.24) is 9.80 Å². The maximum Gasteiger partial charge on any atom is 0.534 e. The van der Waals surface area contributed by atoms with Gasteiger partial charge in [-0.15, -0.1) is 0 Å². The van der Waals surface area contributed by atoms with Gasteiger partial charge in [-0.2, -0.15) is 32.9 Å². The average molecular weight is 625 g/mol. The number of nitrogens with zero attached hydrogens (tertiary/aromatic N) is 2. The summed E-state index contributed by atoms with van der Waals surface area (Å²) in [4.78, 5) is 26.9. The summed E-state index contributed by atoms with van der Waals surface area (Å²) in [6, 6.07) is 2.05. The van der Waals surface area contributed by atoms with Crippen LogP contribution in [-0.4, -0.2) is 60.2 Å². The highest BCUT2D eigenvalue weighted by Gasteiger charge is 2.50. The summed E-state index contributed by atoms with van der Waals surface area (Å²) in [7, 11) is -5.84. The topological polar surface area (TPSA) is 102 Å². The fourth-order valence-corrected chi connectivity index (χ4v) is 4.82. The average Bonchev–Trinajstić information content (AvgIpc) is 3.32. The van der Waals surface area contributed by atoms with Crippen molar-refractivity contribution in [3.8, 4) is 0 Å². The molecule has 2 amide bonds. The number of hydrogen-bond donors (Lipinski definition) is 0. The van der Waals surface area contributed by atoms with E-state index in [9.17, 15) is 31.2 Å². The number of carbonyl (C=O) groups is 2. The molecule has 0 bridgehead atoms. The zero-order valence-electron chi connectivity index (χ0n) is 24.6. The lowest BCUT2D eigenvalue weighted by Crippen LogP contribution is -2.42. The van der Waals surface area contributed by atoms with Crippen LogP contribution in [0.5, 0.6) is 0 Å². The summed E-state index contributed by atoms with van der Waals surface area (Å²) < 4.78 is 74.0. The van der Waals surface area contributed by atoms with E-state index in [1.807, 2.05) is 32.2 Å². The number of amides is 2. The minimum absolute atomic E-state index is 0.00583. The first-order valence-corrected chi connectivity index (χ1v) is 15.4. The van der Waals surface area contributed by atoms with Gasteiger partial charge in [-0.25, -0.2) is 14.5 Å². The van der Waals surface area contributed by atoms with E-state index in [1.165, 1.54) is 0 Å². The van der Waals surface area contributed by atoms with Crippen molar-refractivity contribution >= 4 is 39.3 Å². The lowest BCUT2D eigenvalue weighted by molar-refractivity contribution is -0.0546. The van der Waals surface area contributed by atoms with E-state index in [-0.39, 0.29) is 25.0 Å². The molecule has 1 aromatic rings. The van der Waals surface area contributed by atoms with Crippen LogP contribution in [-0.2, 0) is 23.8 Å². The Kier molecular flexibility index (Phi) is 11.0. The van der Waals surface area contributed by atoms with Crippen LogP contribution in [0.3, 0.4) is 0 Å². The molecule has 0 aromatic carbocycles. The molecule has 0 N–H and O–H groups in total. The van der Waals surface area contributed by atoms with E-state index in [4.69, 9.17) is 9.47 Å². The van der Waals surface area contributed by atoms with Gasteiger partial charge in [0.25, 0.3) is 0 Å². The molecule has 0 spiro atoms. The predicted molar refractivity (Wildman–Crippen MR) is 150 cm³/mol. The number of thiophene rings is 1. The van der Waals surface area contributed by atoms with Crippen LogP contribution in [0, 0.1) is 11.8 Å². The van der Waals surface area contributed by atoms with Crippen LogP contribution >= 0.6 is 11.3 Å². The molecule has 232 valence electrons. The Morgan fingerprint density at radius 3 is 1.83 bits per heavy atom. The minimum Gasteiger partial charge on any atom is -0.443 e. The molecule has 0 saturated carbocycles. The molecule has 3 rings (SSSR count). The van der Waals surface area contributed by atoms with Crippen molar-refractivity contribution in [2.24, 2.45) is 11.8 Å². The molecule has 0 aliphatic carbocycles. The van der Waals surface area contributed by atoms with E-state index in [2.05, 4.69) is 22.6 Å². The Morgan fingerprint density at radius 2 is 1.37 bits per heavy atom. The fourth-order valence-electron chi connectivity index (χ4n) is 3.69. The molecule has 1 aromatic heterocycles. The molecule has 0 fully saturated rings. The van der Waals surface area contributed by atoms with E-state index in [1.54, 1.807) is 43.9 Å². The van der Waals surface area contributed by atoms with Crippen molar-refractivity contribution in [1.29, 1.82) is 0 Å². The minimum atomic E-state index is -5.84. The molecular weight excluding hydrogens is 585 g/mol. The largest absolute Gasteiger partial charge is 0.534 e. The summed E-state index contributed by atoms with van der Waals surface area (Å²) in [6.07, 6.45) is 3.33. The molecule has 9 nitrogen and oxygen atoms in total. The normalized spacial score (nSPS) is 20.3. The standard InChI is InChI=1S/C15H21NO2S.C12H18F3NO5S/c1-11-5-6-13(12-7-8-19-10-12)16(9-11)14(17)18-15(2,3)4;1-8-5-6-9(21-22(18,19)12(13,14)15)16(7-8)10(17)20-11(2,3)4/h6-8,10-11H,5,9H2,1-4H3;6,8H,5,7H2,1-4H3/t11-;8-/m00/s1. The Hall–Kier alpha value is -2.74. The second-order valence-electron chi connectivity index (χ2n) is 12.0. The number of rotatable bonds is 3. The summed E-state index contributed by atoms with van der Waals surface area (Å²) in [5.74, 6) is -0.298. The van der Waals surface area contributed by atoms with Gasteiger partial charge in [-0.1, -0.05) is 19.9 Å². The van der Waals surface area contributed by atoms with E-state index in [0.717, 1.165) is 35.2 Å². The smallest absolute Gasteiger partial charge is 0.443 e. The predicted octanol–water partition coefficient (Wildman–Crippen LogP) is 7.34. The van der Waals surface area contributed by atoms with Crippen LogP contribution in [0.4, 0.5) is 22.8 Å². The second-order valence-corrected chi connectivity index (χ2v) is 14.3. The van der Waals surface area contributed by atoms with Crippen LogP contribution < -0.4 is 0 Å². The second kappa shape index (κ2) is 13.1. The number of allylic oxidation sites excluding steroid dienone is 2. The number of hydrogen-bond acceptors (Lipinski definition) is 8. The van der Waals surface area contributed by atoms with Gasteiger partial charge in [0.2, 0.25) is 5.88 Å². The maximum atomic E-state index is 12.4. The zero-order valence-corrected chi connectivity index (χ0v) is 26.2. The third-order valence-electron chi connectivity index (χ3n) is 5.48. The SMILES string of the molecule is C[C@H]1CC=C(OS(=O)(=O)C(F)(F)F)N(C(=O)OC(C)(C)C)C1.C[C@H]1CC=C(c2ccsc2)N(C(=O)OC(C)(C)C)C1. The summed E-state index contributed by atoms with van der Waals surface area (Å²) in [6.45, 7) is 15.0. The molecule has 41 heavy (non-hydrogen) atoms. The monoisotopic (exact) mass is 624 g/mol. The van der Waals surface area contributed by atoms with Crippen molar-refractivity contribution in [3.05, 3.63) is 40.4 Å². The number of alkyl halides is 3. The van der Waals surface area contributed by atoms with Gasteiger partial charge in [0, 0.05) is 24.0 Å². The third-order valence-corrected chi connectivity index (χ3v) is 7.12. The quantitative estimate of drug-likeness (QED) is 0.256. The van der Waals surface area contributed by atoms with Gasteiger partial charge in [-0.3, -0.25) is 4.90 Å². The van der Waals surface area contributed by atoms with Gasteiger partial charge < -0.3 is 13.7 Å².